The third kappa shape index (κ3) is 2.72. The number of thiophene rings is 1. The summed E-state index contributed by atoms with van der Waals surface area (Å²) in [6.45, 7) is 0. The van der Waals surface area contributed by atoms with Crippen LogP contribution in [0.3, 0.4) is 0 Å². The molecule has 18 heavy (non-hydrogen) atoms. The fraction of sp³-hybridized carbons (Fsp3) is 0.538. The molecule has 1 aromatic rings. The summed E-state index contributed by atoms with van der Waals surface area (Å²) in [7, 11) is 0. The van der Waals surface area contributed by atoms with E-state index in [4.69, 9.17) is 12.2 Å². The molecule has 5 heteroatoms. The van der Waals surface area contributed by atoms with Gasteiger partial charge in [0.25, 0.3) is 0 Å². The van der Waals surface area contributed by atoms with E-state index in [0.29, 0.717) is 11.2 Å². The van der Waals surface area contributed by atoms with Gasteiger partial charge in [-0.25, -0.2) is 0 Å². The van der Waals surface area contributed by atoms with Crippen LogP contribution in [0.2, 0.25) is 0 Å². The standard InChI is InChI=1S/C13H17N3S2/c17-13(16-14-8-11-2-1-5-18-11)15-12-7-9-3-4-10(12)6-9/h1-2,5,8-10,12H,3-4,6-7H2,(H2,15,16,17)/b14-8-/t9-,10-,12-/m1/s1. The second-order valence-corrected chi connectivity index (χ2v) is 6.53. The summed E-state index contributed by atoms with van der Waals surface area (Å²) >= 11 is 6.93. The molecule has 0 aliphatic heterocycles. The van der Waals surface area contributed by atoms with E-state index in [-0.39, 0.29) is 0 Å². The van der Waals surface area contributed by atoms with Crippen LogP contribution in [-0.4, -0.2) is 17.4 Å². The minimum atomic E-state index is 0.570. The first kappa shape index (κ1) is 12.1. The number of thiocarbonyl (C=S) groups is 1. The van der Waals surface area contributed by atoms with Gasteiger partial charge in [-0.3, -0.25) is 5.43 Å². The van der Waals surface area contributed by atoms with Crippen molar-refractivity contribution in [2.45, 2.75) is 31.7 Å². The fourth-order valence-corrected chi connectivity index (χ4v) is 3.93. The molecule has 0 amide bonds. The van der Waals surface area contributed by atoms with Crippen molar-refractivity contribution >= 4 is 34.9 Å². The summed E-state index contributed by atoms with van der Waals surface area (Å²) in [6, 6.07) is 4.61. The molecule has 0 radical (unpaired) electrons. The normalized spacial score (nSPS) is 29.9. The van der Waals surface area contributed by atoms with E-state index >= 15 is 0 Å². The monoisotopic (exact) mass is 279 g/mol. The van der Waals surface area contributed by atoms with Gasteiger partial charge in [0.05, 0.1) is 6.21 Å². The Hall–Kier alpha value is -0.940. The van der Waals surface area contributed by atoms with Crippen molar-refractivity contribution in [3.05, 3.63) is 22.4 Å². The molecule has 0 saturated heterocycles. The molecule has 3 nitrogen and oxygen atoms in total. The number of fused-ring (bicyclic) bond motifs is 2. The number of hydrogen-bond acceptors (Lipinski definition) is 3. The van der Waals surface area contributed by atoms with Gasteiger partial charge in [-0.05, 0) is 54.8 Å². The Balaban J connectivity index is 1.45. The van der Waals surface area contributed by atoms with Crippen molar-refractivity contribution in [3.8, 4) is 0 Å². The molecule has 3 atom stereocenters. The van der Waals surface area contributed by atoms with E-state index in [9.17, 15) is 0 Å². The lowest BCUT2D eigenvalue weighted by molar-refractivity contribution is 0.389. The Bertz CT molecular complexity index is 441. The van der Waals surface area contributed by atoms with E-state index in [1.165, 1.54) is 25.7 Å². The topological polar surface area (TPSA) is 36.4 Å². The molecule has 0 unspecified atom stereocenters. The van der Waals surface area contributed by atoms with Gasteiger partial charge in [-0.2, -0.15) is 5.10 Å². The first-order valence-electron chi connectivity index (χ1n) is 6.44. The lowest BCUT2D eigenvalue weighted by Gasteiger charge is -2.23. The minimum Gasteiger partial charge on any atom is -0.358 e. The third-order valence-electron chi connectivity index (χ3n) is 3.96. The Morgan fingerprint density at radius 3 is 3.06 bits per heavy atom. The van der Waals surface area contributed by atoms with Crippen LogP contribution < -0.4 is 10.7 Å². The first-order chi connectivity index (χ1) is 8.81. The highest BCUT2D eigenvalue weighted by atomic mass is 32.1. The second kappa shape index (κ2) is 5.36. The number of hydrogen-bond donors (Lipinski definition) is 2. The van der Waals surface area contributed by atoms with E-state index in [2.05, 4.69) is 15.8 Å². The molecular formula is C13H17N3S2. The minimum absolute atomic E-state index is 0.570. The fourth-order valence-electron chi connectivity index (χ4n) is 3.14. The SMILES string of the molecule is S=C(N/N=C\c1cccs1)N[C@@H]1C[C@@H]2CC[C@@H]1C2. The Kier molecular flexibility index (Phi) is 3.61. The first-order valence-corrected chi connectivity index (χ1v) is 7.73. The highest BCUT2D eigenvalue weighted by molar-refractivity contribution is 7.80. The molecule has 2 aliphatic rings. The summed E-state index contributed by atoms with van der Waals surface area (Å²) in [4.78, 5) is 1.13. The Morgan fingerprint density at radius 1 is 1.44 bits per heavy atom. The van der Waals surface area contributed by atoms with Crippen molar-refractivity contribution in [3.63, 3.8) is 0 Å². The second-order valence-electron chi connectivity index (χ2n) is 5.14. The highest BCUT2D eigenvalue weighted by Crippen LogP contribution is 2.44. The van der Waals surface area contributed by atoms with Crippen LogP contribution in [0, 0.1) is 11.8 Å². The summed E-state index contributed by atoms with van der Waals surface area (Å²) < 4.78 is 0. The zero-order valence-corrected chi connectivity index (χ0v) is 11.8. The van der Waals surface area contributed by atoms with Gasteiger partial charge in [0.15, 0.2) is 5.11 Å². The summed E-state index contributed by atoms with van der Waals surface area (Å²) in [5.74, 6) is 1.76. The quantitative estimate of drug-likeness (QED) is 0.507. The van der Waals surface area contributed by atoms with E-state index in [1.807, 2.05) is 17.5 Å². The number of hydrazone groups is 1. The van der Waals surface area contributed by atoms with Gasteiger partial charge in [0, 0.05) is 10.9 Å². The maximum atomic E-state index is 5.27. The van der Waals surface area contributed by atoms with Crippen LogP contribution in [0.5, 0.6) is 0 Å². The number of nitrogens with zero attached hydrogens (tertiary/aromatic N) is 1. The van der Waals surface area contributed by atoms with E-state index in [0.717, 1.165) is 16.7 Å². The molecule has 2 N–H and O–H groups in total. The average molecular weight is 279 g/mol. The molecule has 96 valence electrons. The van der Waals surface area contributed by atoms with E-state index in [1.54, 1.807) is 17.6 Å². The van der Waals surface area contributed by atoms with Crippen LogP contribution in [0.15, 0.2) is 22.6 Å². The predicted octanol–water partition coefficient (Wildman–Crippen LogP) is 2.73. The van der Waals surface area contributed by atoms with Crippen molar-refractivity contribution < 1.29 is 0 Å². The summed E-state index contributed by atoms with van der Waals surface area (Å²) in [6.07, 6.45) is 7.25. The van der Waals surface area contributed by atoms with Crippen LogP contribution in [-0.2, 0) is 0 Å². The summed E-state index contributed by atoms with van der Waals surface area (Å²) in [5.41, 5.74) is 2.90. The maximum Gasteiger partial charge on any atom is 0.187 e. The Labute approximate surface area is 117 Å². The smallest absolute Gasteiger partial charge is 0.187 e. The predicted molar refractivity (Wildman–Crippen MR) is 80.0 cm³/mol. The van der Waals surface area contributed by atoms with Crippen molar-refractivity contribution in [1.29, 1.82) is 0 Å². The lowest BCUT2D eigenvalue weighted by atomic mass is 9.96. The van der Waals surface area contributed by atoms with Crippen LogP contribution in [0.25, 0.3) is 0 Å². The average Bonchev–Trinajstić information content (AvgIpc) is 3.04. The molecule has 1 aromatic heterocycles. The van der Waals surface area contributed by atoms with Gasteiger partial charge in [-0.1, -0.05) is 12.5 Å². The zero-order valence-electron chi connectivity index (χ0n) is 10.1. The van der Waals surface area contributed by atoms with Crippen LogP contribution in [0.4, 0.5) is 0 Å². The summed E-state index contributed by atoms with van der Waals surface area (Å²) in [5, 5.41) is 10.2. The maximum absolute atomic E-state index is 5.27. The third-order valence-corrected chi connectivity index (χ3v) is 4.97. The van der Waals surface area contributed by atoms with Gasteiger partial charge in [0.1, 0.15) is 0 Å². The van der Waals surface area contributed by atoms with Crippen molar-refractivity contribution in [1.82, 2.24) is 10.7 Å². The number of nitrogens with one attached hydrogen (secondary N) is 2. The largest absolute Gasteiger partial charge is 0.358 e. The number of rotatable bonds is 3. The van der Waals surface area contributed by atoms with Gasteiger partial charge < -0.3 is 5.32 Å². The molecular weight excluding hydrogens is 262 g/mol. The molecule has 3 rings (SSSR count). The van der Waals surface area contributed by atoms with Crippen molar-refractivity contribution in [2.75, 3.05) is 0 Å². The molecule has 2 saturated carbocycles. The van der Waals surface area contributed by atoms with Crippen LogP contribution >= 0.6 is 23.6 Å². The molecule has 0 aromatic carbocycles. The van der Waals surface area contributed by atoms with E-state index < -0.39 is 0 Å². The highest BCUT2D eigenvalue weighted by Gasteiger charge is 2.39. The molecule has 2 bridgehead atoms. The van der Waals surface area contributed by atoms with Gasteiger partial charge in [-0.15, -0.1) is 11.3 Å². The van der Waals surface area contributed by atoms with Gasteiger partial charge >= 0.3 is 0 Å². The van der Waals surface area contributed by atoms with Gasteiger partial charge in [0.2, 0.25) is 0 Å². The molecule has 2 fully saturated rings. The van der Waals surface area contributed by atoms with Crippen LogP contribution in [0.1, 0.15) is 30.6 Å². The molecule has 1 heterocycles. The molecule has 2 aliphatic carbocycles. The zero-order chi connectivity index (χ0) is 12.4. The molecule has 0 spiro atoms. The Morgan fingerprint density at radius 2 is 2.39 bits per heavy atom. The lowest BCUT2D eigenvalue weighted by Crippen LogP contribution is -2.42. The van der Waals surface area contributed by atoms with Crippen molar-refractivity contribution in [2.24, 2.45) is 16.9 Å².